The SMILES string of the molecule is CN=C/C(=C\N)c1cc2c(cc1OC)N(c1nc(N3CCC(S(N)=O)C3)cc3c1cc(C)c(=O)n3C)CCC2. The Hall–Kier alpha value is -3.70. The van der Waals surface area contributed by atoms with Gasteiger partial charge in [0, 0.05) is 86.1 Å². The van der Waals surface area contributed by atoms with E-state index in [1.54, 1.807) is 32.0 Å². The molecule has 2 aromatic heterocycles. The zero-order valence-electron chi connectivity index (χ0n) is 22.8. The number of hydrogen-bond donors (Lipinski definition) is 2. The minimum atomic E-state index is -1.40. The van der Waals surface area contributed by atoms with Gasteiger partial charge in [-0.15, -0.1) is 0 Å². The molecular weight excluding hydrogens is 514 g/mol. The number of ether oxygens (including phenoxy) is 1. The monoisotopic (exact) mass is 549 g/mol. The van der Waals surface area contributed by atoms with E-state index in [0.29, 0.717) is 24.4 Å². The molecule has 2 aliphatic rings. The van der Waals surface area contributed by atoms with Gasteiger partial charge < -0.3 is 24.8 Å². The van der Waals surface area contributed by atoms with E-state index in [1.807, 2.05) is 25.1 Å². The first-order valence-electron chi connectivity index (χ1n) is 13.0. The molecule has 2 unspecified atom stereocenters. The number of aliphatic imine (C=N–C) groups is 1. The molecular formula is C28H35N7O3S. The van der Waals surface area contributed by atoms with Crippen LogP contribution in [0, 0.1) is 6.92 Å². The predicted molar refractivity (Wildman–Crippen MR) is 160 cm³/mol. The van der Waals surface area contributed by atoms with Crippen LogP contribution in [0.4, 0.5) is 17.3 Å². The topological polar surface area (TPSA) is 132 Å². The Morgan fingerprint density at radius 1 is 1.26 bits per heavy atom. The number of anilines is 3. The third-order valence-electron chi connectivity index (χ3n) is 7.70. The fraction of sp³-hybridized carbons (Fsp3) is 0.393. The van der Waals surface area contributed by atoms with Crippen LogP contribution in [0.1, 0.15) is 29.5 Å². The average molecular weight is 550 g/mol. The fourth-order valence-corrected chi connectivity index (χ4v) is 6.31. The Morgan fingerprint density at radius 3 is 2.72 bits per heavy atom. The van der Waals surface area contributed by atoms with Crippen molar-refractivity contribution < 1.29 is 8.95 Å². The second kappa shape index (κ2) is 10.8. The molecule has 4 heterocycles. The fourth-order valence-electron chi connectivity index (χ4n) is 5.65. The first-order valence-corrected chi connectivity index (χ1v) is 14.3. The van der Waals surface area contributed by atoms with Crippen LogP contribution in [0.3, 0.4) is 0 Å². The van der Waals surface area contributed by atoms with E-state index in [1.165, 1.54) is 6.20 Å². The average Bonchev–Trinajstić information content (AvgIpc) is 3.44. The van der Waals surface area contributed by atoms with Crippen molar-refractivity contribution >= 4 is 51.0 Å². The first-order chi connectivity index (χ1) is 18.8. The van der Waals surface area contributed by atoms with Crippen molar-refractivity contribution in [1.82, 2.24) is 9.55 Å². The van der Waals surface area contributed by atoms with E-state index in [-0.39, 0.29) is 10.8 Å². The van der Waals surface area contributed by atoms with E-state index in [9.17, 15) is 9.00 Å². The van der Waals surface area contributed by atoms with Gasteiger partial charge in [0.2, 0.25) is 0 Å². The van der Waals surface area contributed by atoms with Gasteiger partial charge in [-0.3, -0.25) is 14.9 Å². The van der Waals surface area contributed by atoms with E-state index < -0.39 is 11.0 Å². The summed E-state index contributed by atoms with van der Waals surface area (Å²) in [4.78, 5) is 26.6. The molecule has 0 saturated carbocycles. The van der Waals surface area contributed by atoms with Crippen LogP contribution in [0.5, 0.6) is 5.75 Å². The van der Waals surface area contributed by atoms with Gasteiger partial charge in [-0.1, -0.05) is 0 Å². The molecule has 0 amide bonds. The van der Waals surface area contributed by atoms with Gasteiger partial charge >= 0.3 is 0 Å². The third-order valence-corrected chi connectivity index (χ3v) is 8.74. The number of rotatable bonds is 6. The molecule has 0 aliphatic carbocycles. The lowest BCUT2D eigenvalue weighted by atomic mass is 9.95. The van der Waals surface area contributed by atoms with Crippen molar-refractivity contribution in [2.24, 2.45) is 22.9 Å². The normalized spacial score (nSPS) is 18.7. The quantitative estimate of drug-likeness (QED) is 0.452. The Balaban J connectivity index is 1.71. The highest BCUT2D eigenvalue weighted by Crippen LogP contribution is 2.42. The minimum absolute atomic E-state index is 0.0444. The van der Waals surface area contributed by atoms with Crippen LogP contribution in [0.15, 0.2) is 40.3 Å². The van der Waals surface area contributed by atoms with Crippen molar-refractivity contribution in [2.75, 3.05) is 43.6 Å². The summed E-state index contributed by atoms with van der Waals surface area (Å²) in [6.45, 7) is 3.85. The van der Waals surface area contributed by atoms with E-state index in [0.717, 1.165) is 70.7 Å². The highest BCUT2D eigenvalue weighted by Gasteiger charge is 2.30. The second-order valence-electron chi connectivity index (χ2n) is 10.1. The van der Waals surface area contributed by atoms with E-state index in [4.69, 9.17) is 20.6 Å². The zero-order chi connectivity index (χ0) is 27.8. The maximum absolute atomic E-state index is 12.9. The summed E-state index contributed by atoms with van der Waals surface area (Å²) in [5.74, 6) is 2.21. The summed E-state index contributed by atoms with van der Waals surface area (Å²) in [6.07, 6.45) is 5.82. The van der Waals surface area contributed by atoms with Gasteiger partial charge in [0.25, 0.3) is 5.56 Å². The summed E-state index contributed by atoms with van der Waals surface area (Å²) in [5, 5.41) is 6.51. The predicted octanol–water partition coefficient (Wildman–Crippen LogP) is 2.54. The molecule has 10 nitrogen and oxygen atoms in total. The van der Waals surface area contributed by atoms with Crippen LogP contribution < -0.4 is 31.0 Å². The maximum Gasteiger partial charge on any atom is 0.253 e. The van der Waals surface area contributed by atoms with E-state index in [2.05, 4.69) is 20.9 Å². The first kappa shape index (κ1) is 26.9. The van der Waals surface area contributed by atoms with Crippen molar-refractivity contribution in [3.05, 3.63) is 57.5 Å². The van der Waals surface area contributed by atoms with Gasteiger partial charge in [-0.25, -0.2) is 9.19 Å². The summed E-state index contributed by atoms with van der Waals surface area (Å²) >= 11 is 0. The molecule has 0 spiro atoms. The molecule has 1 fully saturated rings. The van der Waals surface area contributed by atoms with Crippen LogP contribution >= 0.6 is 0 Å². The maximum atomic E-state index is 12.9. The Labute approximate surface area is 230 Å². The molecule has 206 valence electrons. The van der Waals surface area contributed by atoms with Crippen LogP contribution in [0.25, 0.3) is 16.5 Å². The lowest BCUT2D eigenvalue weighted by Gasteiger charge is -2.33. The number of aryl methyl sites for hydroxylation is 3. The van der Waals surface area contributed by atoms with Gasteiger partial charge in [-0.05, 0) is 43.9 Å². The van der Waals surface area contributed by atoms with Gasteiger partial charge in [0.15, 0.2) is 0 Å². The number of nitrogens with two attached hydrogens (primary N) is 2. The second-order valence-corrected chi connectivity index (χ2v) is 11.4. The Morgan fingerprint density at radius 2 is 2.05 bits per heavy atom. The molecule has 39 heavy (non-hydrogen) atoms. The van der Waals surface area contributed by atoms with Crippen molar-refractivity contribution in [2.45, 2.75) is 31.4 Å². The highest BCUT2D eigenvalue weighted by molar-refractivity contribution is 7.83. The number of hydrogen-bond acceptors (Lipinski definition) is 8. The van der Waals surface area contributed by atoms with Crippen molar-refractivity contribution in [1.29, 1.82) is 0 Å². The van der Waals surface area contributed by atoms with E-state index >= 15 is 0 Å². The molecule has 1 saturated heterocycles. The van der Waals surface area contributed by atoms with Crippen LogP contribution in [-0.2, 0) is 24.5 Å². The summed E-state index contributed by atoms with van der Waals surface area (Å²) < 4.78 is 19.5. The third kappa shape index (κ3) is 4.80. The molecule has 0 radical (unpaired) electrons. The largest absolute Gasteiger partial charge is 0.496 e. The summed E-state index contributed by atoms with van der Waals surface area (Å²) in [5.41, 5.74) is 11.2. The number of aromatic nitrogens is 2. The number of fused-ring (bicyclic) bond motifs is 2. The number of nitrogens with zero attached hydrogens (tertiary/aromatic N) is 5. The number of allylic oxidation sites excluding steroid dienone is 1. The molecule has 2 atom stereocenters. The van der Waals surface area contributed by atoms with Gasteiger partial charge in [0.1, 0.15) is 17.4 Å². The van der Waals surface area contributed by atoms with Crippen LogP contribution in [0.2, 0.25) is 0 Å². The smallest absolute Gasteiger partial charge is 0.253 e. The molecule has 1 aromatic carbocycles. The number of benzene rings is 1. The van der Waals surface area contributed by atoms with Crippen molar-refractivity contribution in [3.63, 3.8) is 0 Å². The minimum Gasteiger partial charge on any atom is -0.496 e. The van der Waals surface area contributed by atoms with Gasteiger partial charge in [0.05, 0.1) is 28.9 Å². The summed E-state index contributed by atoms with van der Waals surface area (Å²) in [7, 11) is 3.75. The van der Waals surface area contributed by atoms with Gasteiger partial charge in [-0.2, -0.15) is 0 Å². The lowest BCUT2D eigenvalue weighted by Crippen LogP contribution is -2.30. The molecule has 5 rings (SSSR count). The number of methoxy groups -OCH3 is 1. The van der Waals surface area contributed by atoms with Crippen LogP contribution in [-0.4, -0.2) is 59.0 Å². The summed E-state index contributed by atoms with van der Waals surface area (Å²) in [6, 6.07) is 8.04. The zero-order valence-corrected chi connectivity index (χ0v) is 23.6. The lowest BCUT2D eigenvalue weighted by molar-refractivity contribution is 0.413. The highest BCUT2D eigenvalue weighted by atomic mass is 32.2. The standard InChI is InChI=1S/C28H35N7O3S/c1-17-10-22-24(33(3)28(17)36)13-26(34-9-7-20(16-34)39(30)37)32-27(22)35-8-5-6-18-11-21(19(14-29)15-31-2)25(38-4)12-23(18)35/h10-15,20H,5-9,16,29-30H2,1-4H3/b19-14+,31-15?. The number of pyridine rings is 2. The molecule has 2 aliphatic heterocycles. The van der Waals surface area contributed by atoms with Crippen molar-refractivity contribution in [3.8, 4) is 5.75 Å². The molecule has 4 N–H and O–H groups in total. The molecule has 3 aromatic rings. The Kier molecular flexibility index (Phi) is 7.46. The molecule has 11 heteroatoms. The molecule has 0 bridgehead atoms. The Bertz CT molecular complexity index is 1580.